The number of rotatable bonds is 6. The Bertz CT molecular complexity index is 647. The summed E-state index contributed by atoms with van der Waals surface area (Å²) in [5.74, 6) is -0.610. The first-order valence-corrected chi connectivity index (χ1v) is 7.87. The van der Waals surface area contributed by atoms with Gasteiger partial charge in [0.15, 0.2) is 5.13 Å². The molecule has 0 atom stereocenters. The number of carbonyl (C=O) groups is 2. The summed E-state index contributed by atoms with van der Waals surface area (Å²) >= 11 is 2.63. The van der Waals surface area contributed by atoms with Crippen LogP contribution in [0.4, 0.5) is 5.13 Å². The quantitative estimate of drug-likeness (QED) is 0.655. The first-order chi connectivity index (χ1) is 10.1. The van der Waals surface area contributed by atoms with Crippen molar-refractivity contribution >= 4 is 39.7 Å². The number of aryl methyl sites for hydroxylation is 1. The van der Waals surface area contributed by atoms with E-state index in [2.05, 4.69) is 16.9 Å². The second-order valence-corrected chi connectivity index (χ2v) is 6.16. The molecule has 0 fully saturated rings. The highest BCUT2D eigenvalue weighted by atomic mass is 32.1. The molecule has 0 bridgehead atoms. The fourth-order valence-electron chi connectivity index (χ4n) is 1.57. The molecule has 2 heterocycles. The molecule has 0 aliphatic rings. The van der Waals surface area contributed by atoms with Gasteiger partial charge in [0.1, 0.15) is 11.5 Å². The van der Waals surface area contributed by atoms with Crippen molar-refractivity contribution in [2.45, 2.75) is 13.3 Å². The smallest absolute Gasteiger partial charge is 0.350 e. The Hall–Kier alpha value is -1.99. The standard InChI is InChI=1S/C14H14N2O3S2/c1-3-6-19-13(18)12-9(2)15-14(21-12)16-11(17)8-10-5-4-7-20-10/h3-5,7H,1,6,8H2,2H3,(H,15,16,17). The molecule has 110 valence electrons. The third-order valence-corrected chi connectivity index (χ3v) is 4.40. The van der Waals surface area contributed by atoms with Crippen LogP contribution in [0.15, 0.2) is 30.2 Å². The first kappa shape index (κ1) is 15.4. The van der Waals surface area contributed by atoms with Crippen LogP contribution in [-0.2, 0) is 16.0 Å². The Kier molecular flexibility index (Phi) is 5.24. The van der Waals surface area contributed by atoms with Crippen LogP contribution in [0.2, 0.25) is 0 Å². The molecule has 0 spiro atoms. The van der Waals surface area contributed by atoms with Gasteiger partial charge in [-0.25, -0.2) is 9.78 Å². The lowest BCUT2D eigenvalue weighted by molar-refractivity contribution is -0.115. The number of anilines is 1. The number of hydrogen-bond donors (Lipinski definition) is 1. The van der Waals surface area contributed by atoms with Crippen LogP contribution < -0.4 is 5.32 Å². The molecule has 21 heavy (non-hydrogen) atoms. The van der Waals surface area contributed by atoms with Crippen molar-refractivity contribution < 1.29 is 14.3 Å². The molecule has 7 heteroatoms. The Balaban J connectivity index is 1.99. The second kappa shape index (κ2) is 7.14. The summed E-state index contributed by atoms with van der Waals surface area (Å²) in [5.41, 5.74) is 0.542. The molecule has 0 aromatic carbocycles. The van der Waals surface area contributed by atoms with Crippen LogP contribution in [0.1, 0.15) is 20.2 Å². The normalized spacial score (nSPS) is 10.1. The monoisotopic (exact) mass is 322 g/mol. The summed E-state index contributed by atoms with van der Waals surface area (Å²) in [7, 11) is 0. The zero-order valence-corrected chi connectivity index (χ0v) is 13.1. The summed E-state index contributed by atoms with van der Waals surface area (Å²) in [6.07, 6.45) is 1.80. The Labute approximate surface area is 130 Å². The number of hydrogen-bond acceptors (Lipinski definition) is 6. The number of nitrogens with one attached hydrogen (secondary N) is 1. The highest BCUT2D eigenvalue weighted by Gasteiger charge is 2.17. The van der Waals surface area contributed by atoms with Crippen molar-refractivity contribution in [3.63, 3.8) is 0 Å². The van der Waals surface area contributed by atoms with Gasteiger partial charge in [0.25, 0.3) is 0 Å². The molecule has 5 nitrogen and oxygen atoms in total. The fourth-order valence-corrected chi connectivity index (χ4v) is 3.15. The maximum atomic E-state index is 11.9. The highest BCUT2D eigenvalue weighted by molar-refractivity contribution is 7.17. The van der Waals surface area contributed by atoms with Crippen molar-refractivity contribution in [1.29, 1.82) is 0 Å². The average molecular weight is 322 g/mol. The minimum Gasteiger partial charge on any atom is -0.457 e. The molecule has 0 aliphatic heterocycles. The largest absolute Gasteiger partial charge is 0.457 e. The Morgan fingerprint density at radius 3 is 3.00 bits per heavy atom. The number of carbonyl (C=O) groups excluding carboxylic acids is 2. The van der Waals surface area contributed by atoms with Gasteiger partial charge in [-0.05, 0) is 18.4 Å². The molecule has 1 N–H and O–H groups in total. The van der Waals surface area contributed by atoms with Crippen LogP contribution in [0.3, 0.4) is 0 Å². The van der Waals surface area contributed by atoms with E-state index in [9.17, 15) is 9.59 Å². The summed E-state index contributed by atoms with van der Waals surface area (Å²) in [4.78, 5) is 29.2. The minimum absolute atomic E-state index is 0.149. The van der Waals surface area contributed by atoms with E-state index in [1.807, 2.05) is 17.5 Å². The lowest BCUT2D eigenvalue weighted by Crippen LogP contribution is -2.13. The van der Waals surface area contributed by atoms with Gasteiger partial charge in [-0.15, -0.1) is 11.3 Å². The first-order valence-electron chi connectivity index (χ1n) is 6.18. The van der Waals surface area contributed by atoms with Gasteiger partial charge < -0.3 is 10.1 Å². The van der Waals surface area contributed by atoms with Crippen molar-refractivity contribution in [2.75, 3.05) is 11.9 Å². The maximum absolute atomic E-state index is 11.9. The van der Waals surface area contributed by atoms with Crippen LogP contribution in [0.5, 0.6) is 0 Å². The number of aromatic nitrogens is 1. The lowest BCUT2D eigenvalue weighted by atomic mass is 10.3. The second-order valence-electron chi connectivity index (χ2n) is 4.13. The van der Waals surface area contributed by atoms with E-state index in [1.165, 1.54) is 17.4 Å². The van der Waals surface area contributed by atoms with Gasteiger partial charge >= 0.3 is 5.97 Å². The summed E-state index contributed by atoms with van der Waals surface area (Å²) in [6.45, 7) is 5.34. The molecular formula is C14H14N2O3S2. The third kappa shape index (κ3) is 4.24. The van der Waals surface area contributed by atoms with Gasteiger partial charge in [0.05, 0.1) is 12.1 Å². The minimum atomic E-state index is -0.455. The van der Waals surface area contributed by atoms with Crippen LogP contribution in [-0.4, -0.2) is 23.5 Å². The van der Waals surface area contributed by atoms with Crippen molar-refractivity contribution in [3.8, 4) is 0 Å². The highest BCUT2D eigenvalue weighted by Crippen LogP contribution is 2.23. The SMILES string of the molecule is C=CCOC(=O)c1sc(NC(=O)Cc2cccs2)nc1C. The third-order valence-electron chi connectivity index (χ3n) is 2.48. The molecular weight excluding hydrogens is 308 g/mol. The van der Waals surface area contributed by atoms with Gasteiger partial charge in [-0.1, -0.05) is 30.1 Å². The predicted octanol–water partition coefficient (Wildman–Crippen LogP) is 3.04. The molecule has 0 unspecified atom stereocenters. The molecule has 1 amide bonds. The van der Waals surface area contributed by atoms with Gasteiger partial charge in [0, 0.05) is 4.88 Å². The molecule has 0 aliphatic carbocycles. The summed E-state index contributed by atoms with van der Waals surface area (Å²) in [6, 6.07) is 3.80. The fraction of sp³-hybridized carbons (Fsp3) is 0.214. The topological polar surface area (TPSA) is 68.3 Å². The van der Waals surface area contributed by atoms with E-state index in [-0.39, 0.29) is 12.5 Å². The number of thiazole rings is 1. The molecule has 2 aromatic rings. The van der Waals surface area contributed by atoms with E-state index in [1.54, 1.807) is 6.92 Å². The number of thiophene rings is 1. The van der Waals surface area contributed by atoms with E-state index in [0.29, 0.717) is 22.1 Å². The van der Waals surface area contributed by atoms with E-state index in [0.717, 1.165) is 16.2 Å². The number of nitrogens with zero attached hydrogens (tertiary/aromatic N) is 1. The van der Waals surface area contributed by atoms with Crippen LogP contribution >= 0.6 is 22.7 Å². The van der Waals surface area contributed by atoms with Crippen molar-refractivity contribution in [3.05, 3.63) is 45.6 Å². The van der Waals surface area contributed by atoms with Crippen LogP contribution in [0, 0.1) is 6.92 Å². The van der Waals surface area contributed by atoms with Crippen LogP contribution in [0.25, 0.3) is 0 Å². The number of ether oxygens (including phenoxy) is 1. The van der Waals surface area contributed by atoms with Crippen molar-refractivity contribution in [2.24, 2.45) is 0 Å². The molecule has 2 aromatic heterocycles. The Morgan fingerprint density at radius 1 is 1.52 bits per heavy atom. The van der Waals surface area contributed by atoms with Gasteiger partial charge in [0.2, 0.25) is 5.91 Å². The zero-order chi connectivity index (χ0) is 15.2. The van der Waals surface area contributed by atoms with Gasteiger partial charge in [-0.2, -0.15) is 0 Å². The summed E-state index contributed by atoms with van der Waals surface area (Å²) < 4.78 is 4.96. The summed E-state index contributed by atoms with van der Waals surface area (Å²) in [5, 5.41) is 5.02. The van der Waals surface area contributed by atoms with E-state index < -0.39 is 5.97 Å². The van der Waals surface area contributed by atoms with E-state index in [4.69, 9.17) is 4.74 Å². The zero-order valence-electron chi connectivity index (χ0n) is 11.4. The Morgan fingerprint density at radius 2 is 2.33 bits per heavy atom. The molecule has 0 radical (unpaired) electrons. The molecule has 0 saturated carbocycles. The predicted molar refractivity (Wildman–Crippen MR) is 84.0 cm³/mol. The molecule has 2 rings (SSSR count). The van der Waals surface area contributed by atoms with Gasteiger partial charge in [-0.3, -0.25) is 4.79 Å². The number of esters is 1. The van der Waals surface area contributed by atoms with E-state index >= 15 is 0 Å². The number of amides is 1. The maximum Gasteiger partial charge on any atom is 0.350 e. The lowest BCUT2D eigenvalue weighted by Gasteiger charge is -1.99. The molecule has 0 saturated heterocycles. The average Bonchev–Trinajstić information content (AvgIpc) is 3.05. The van der Waals surface area contributed by atoms with Crippen molar-refractivity contribution in [1.82, 2.24) is 4.98 Å².